The van der Waals surface area contributed by atoms with Crippen molar-refractivity contribution in [1.29, 1.82) is 0 Å². The summed E-state index contributed by atoms with van der Waals surface area (Å²) < 4.78 is 10.8. The molecule has 0 aliphatic carbocycles. The first-order chi connectivity index (χ1) is 12.7. The van der Waals surface area contributed by atoms with E-state index in [1.807, 2.05) is 12.1 Å². The molecule has 1 fully saturated rings. The van der Waals surface area contributed by atoms with Crippen LogP contribution >= 0.6 is 0 Å². The SMILES string of the molecule is COc1ccccc1OCC(=O)N1CCN(C(=O)c2cccnc2)CC1. The Morgan fingerprint density at radius 1 is 1.00 bits per heavy atom. The summed E-state index contributed by atoms with van der Waals surface area (Å²) in [5.74, 6) is 0.959. The van der Waals surface area contributed by atoms with Crippen molar-refractivity contribution in [1.82, 2.24) is 14.8 Å². The van der Waals surface area contributed by atoms with E-state index in [1.165, 1.54) is 0 Å². The lowest BCUT2D eigenvalue weighted by atomic mass is 10.2. The Kier molecular flexibility index (Phi) is 5.68. The van der Waals surface area contributed by atoms with E-state index in [9.17, 15) is 9.59 Å². The Balaban J connectivity index is 1.50. The van der Waals surface area contributed by atoms with E-state index in [2.05, 4.69) is 4.98 Å². The molecule has 7 nitrogen and oxygen atoms in total. The number of rotatable bonds is 5. The number of nitrogens with zero attached hydrogens (tertiary/aromatic N) is 3. The number of hydrogen-bond acceptors (Lipinski definition) is 5. The maximum absolute atomic E-state index is 12.4. The number of carbonyl (C=O) groups is 2. The number of benzene rings is 1. The lowest BCUT2D eigenvalue weighted by Gasteiger charge is -2.34. The van der Waals surface area contributed by atoms with Gasteiger partial charge in [-0.05, 0) is 24.3 Å². The minimum atomic E-state index is -0.107. The monoisotopic (exact) mass is 355 g/mol. The zero-order chi connectivity index (χ0) is 18.4. The van der Waals surface area contributed by atoms with Gasteiger partial charge >= 0.3 is 0 Å². The number of carbonyl (C=O) groups excluding carboxylic acids is 2. The van der Waals surface area contributed by atoms with Crippen LogP contribution in [0, 0.1) is 0 Å². The molecule has 2 heterocycles. The second-order valence-electron chi connectivity index (χ2n) is 5.85. The standard InChI is InChI=1S/C19H21N3O4/c1-25-16-6-2-3-7-17(16)26-14-18(23)21-9-11-22(12-10-21)19(24)15-5-4-8-20-13-15/h2-8,13H,9-12,14H2,1H3. The molecule has 1 aromatic heterocycles. The molecule has 0 unspecified atom stereocenters. The molecule has 26 heavy (non-hydrogen) atoms. The first-order valence-corrected chi connectivity index (χ1v) is 8.42. The third-order valence-electron chi connectivity index (χ3n) is 4.25. The molecule has 1 aliphatic heterocycles. The summed E-state index contributed by atoms with van der Waals surface area (Å²) in [7, 11) is 1.56. The molecule has 1 saturated heterocycles. The van der Waals surface area contributed by atoms with Crippen LogP contribution in [0.25, 0.3) is 0 Å². The Hall–Kier alpha value is -3.09. The van der Waals surface area contributed by atoms with Crippen molar-refractivity contribution in [3.63, 3.8) is 0 Å². The molecule has 7 heteroatoms. The topological polar surface area (TPSA) is 72.0 Å². The molecule has 2 amide bonds. The molecular weight excluding hydrogens is 334 g/mol. The number of pyridine rings is 1. The minimum Gasteiger partial charge on any atom is -0.493 e. The largest absolute Gasteiger partial charge is 0.493 e. The third kappa shape index (κ3) is 4.11. The van der Waals surface area contributed by atoms with E-state index in [0.717, 1.165) is 0 Å². The zero-order valence-electron chi connectivity index (χ0n) is 14.6. The average Bonchev–Trinajstić information content (AvgIpc) is 2.72. The van der Waals surface area contributed by atoms with E-state index in [0.29, 0.717) is 43.2 Å². The molecule has 0 atom stereocenters. The number of amides is 2. The van der Waals surface area contributed by atoms with Gasteiger partial charge in [0.05, 0.1) is 12.7 Å². The van der Waals surface area contributed by atoms with Gasteiger partial charge in [0.1, 0.15) is 0 Å². The molecule has 3 rings (SSSR count). The second kappa shape index (κ2) is 8.33. The molecule has 0 bridgehead atoms. The van der Waals surface area contributed by atoms with Gasteiger partial charge in [0.25, 0.3) is 11.8 Å². The lowest BCUT2D eigenvalue weighted by molar-refractivity contribution is -0.134. The van der Waals surface area contributed by atoms with Gasteiger partial charge in [-0.25, -0.2) is 0 Å². The average molecular weight is 355 g/mol. The molecule has 0 spiro atoms. The van der Waals surface area contributed by atoms with Crippen molar-refractivity contribution in [2.75, 3.05) is 39.9 Å². The predicted octanol–water partition coefficient (Wildman–Crippen LogP) is 1.45. The minimum absolute atomic E-state index is 0.0586. The number of ether oxygens (including phenoxy) is 2. The van der Waals surface area contributed by atoms with Crippen LogP contribution in [0.1, 0.15) is 10.4 Å². The molecule has 2 aromatic rings. The van der Waals surface area contributed by atoms with Crippen LogP contribution in [-0.4, -0.2) is 66.5 Å². The number of aromatic nitrogens is 1. The molecule has 136 valence electrons. The van der Waals surface area contributed by atoms with Crippen LogP contribution < -0.4 is 9.47 Å². The fourth-order valence-electron chi connectivity index (χ4n) is 2.80. The van der Waals surface area contributed by atoms with Crippen molar-refractivity contribution in [3.8, 4) is 11.5 Å². The predicted molar refractivity (Wildman–Crippen MR) is 95.2 cm³/mol. The summed E-state index contributed by atoms with van der Waals surface area (Å²) in [6, 6.07) is 10.7. The van der Waals surface area contributed by atoms with Gasteiger partial charge in [-0.15, -0.1) is 0 Å². The highest BCUT2D eigenvalue weighted by Crippen LogP contribution is 2.25. The highest BCUT2D eigenvalue weighted by atomic mass is 16.5. The normalized spacial score (nSPS) is 14.0. The van der Waals surface area contributed by atoms with Crippen molar-refractivity contribution >= 4 is 11.8 Å². The van der Waals surface area contributed by atoms with Gasteiger partial charge in [-0.1, -0.05) is 12.1 Å². The third-order valence-corrected chi connectivity index (χ3v) is 4.25. The Labute approximate surface area is 152 Å². The van der Waals surface area contributed by atoms with Crippen molar-refractivity contribution < 1.29 is 19.1 Å². The smallest absolute Gasteiger partial charge is 0.260 e. The summed E-state index contributed by atoms with van der Waals surface area (Å²) in [5, 5.41) is 0. The first kappa shape index (κ1) is 17.7. The summed E-state index contributed by atoms with van der Waals surface area (Å²) in [6.07, 6.45) is 3.19. The first-order valence-electron chi connectivity index (χ1n) is 8.42. The maximum atomic E-state index is 12.4. The zero-order valence-corrected chi connectivity index (χ0v) is 14.6. The maximum Gasteiger partial charge on any atom is 0.260 e. The second-order valence-corrected chi connectivity index (χ2v) is 5.85. The van der Waals surface area contributed by atoms with Crippen LogP contribution in [0.2, 0.25) is 0 Å². The summed E-state index contributed by atoms with van der Waals surface area (Å²) in [6.45, 7) is 1.90. The van der Waals surface area contributed by atoms with Gasteiger partial charge in [-0.3, -0.25) is 14.6 Å². The van der Waals surface area contributed by atoms with Crippen LogP contribution in [0.15, 0.2) is 48.8 Å². The van der Waals surface area contributed by atoms with Gasteiger partial charge in [-0.2, -0.15) is 0 Å². The summed E-state index contributed by atoms with van der Waals surface area (Å²) >= 11 is 0. The molecule has 1 aliphatic rings. The van der Waals surface area contributed by atoms with Gasteiger partial charge in [0, 0.05) is 38.6 Å². The molecule has 0 saturated carbocycles. The number of piperazine rings is 1. The quantitative estimate of drug-likeness (QED) is 0.812. The molecule has 0 N–H and O–H groups in total. The Morgan fingerprint density at radius 3 is 2.35 bits per heavy atom. The highest BCUT2D eigenvalue weighted by molar-refractivity contribution is 5.94. The van der Waals surface area contributed by atoms with E-state index >= 15 is 0 Å². The van der Waals surface area contributed by atoms with E-state index in [4.69, 9.17) is 9.47 Å². The van der Waals surface area contributed by atoms with Crippen LogP contribution in [0.3, 0.4) is 0 Å². The number of para-hydroxylation sites is 2. The summed E-state index contributed by atoms with van der Waals surface area (Å²) in [4.78, 5) is 32.2. The Bertz CT molecular complexity index is 758. The van der Waals surface area contributed by atoms with E-state index < -0.39 is 0 Å². The lowest BCUT2D eigenvalue weighted by Crippen LogP contribution is -2.51. The van der Waals surface area contributed by atoms with Crippen LogP contribution in [0.4, 0.5) is 0 Å². The molecular formula is C19H21N3O4. The van der Waals surface area contributed by atoms with E-state index in [1.54, 1.807) is 53.6 Å². The fourth-order valence-corrected chi connectivity index (χ4v) is 2.80. The molecule has 0 radical (unpaired) electrons. The van der Waals surface area contributed by atoms with Crippen molar-refractivity contribution in [2.45, 2.75) is 0 Å². The van der Waals surface area contributed by atoms with Gasteiger partial charge in [0.15, 0.2) is 18.1 Å². The van der Waals surface area contributed by atoms with Crippen LogP contribution in [0.5, 0.6) is 11.5 Å². The van der Waals surface area contributed by atoms with Crippen molar-refractivity contribution in [3.05, 3.63) is 54.4 Å². The van der Waals surface area contributed by atoms with Gasteiger partial charge in [0.2, 0.25) is 0 Å². The fraction of sp³-hybridized carbons (Fsp3) is 0.316. The number of methoxy groups -OCH3 is 1. The number of hydrogen-bond donors (Lipinski definition) is 0. The Morgan fingerprint density at radius 2 is 1.69 bits per heavy atom. The highest BCUT2D eigenvalue weighted by Gasteiger charge is 2.25. The van der Waals surface area contributed by atoms with Crippen LogP contribution in [-0.2, 0) is 4.79 Å². The van der Waals surface area contributed by atoms with Crippen molar-refractivity contribution in [2.24, 2.45) is 0 Å². The summed E-state index contributed by atoms with van der Waals surface area (Å²) in [5.41, 5.74) is 0.562. The van der Waals surface area contributed by atoms with E-state index in [-0.39, 0.29) is 18.4 Å². The molecule has 1 aromatic carbocycles. The van der Waals surface area contributed by atoms with Gasteiger partial charge < -0.3 is 19.3 Å².